The minimum absolute atomic E-state index is 0.0960. The van der Waals surface area contributed by atoms with E-state index in [1.807, 2.05) is 0 Å². The zero-order chi connectivity index (χ0) is 11.3. The Morgan fingerprint density at radius 3 is 1.71 bits per heavy atom. The molecular formula is C7H3O7-3. The van der Waals surface area contributed by atoms with Crippen molar-refractivity contribution in [3.05, 3.63) is 23.5 Å². The van der Waals surface area contributed by atoms with Crippen LogP contribution in [0.3, 0.4) is 0 Å². The number of hydrogen-bond donors (Lipinski definition) is 1. The smallest absolute Gasteiger partial charge is 0.328 e. The molecule has 0 heterocycles. The second kappa shape index (κ2) is 4.65. The van der Waals surface area contributed by atoms with Crippen molar-refractivity contribution >= 4 is 17.9 Å². The van der Waals surface area contributed by atoms with Gasteiger partial charge in [0.2, 0.25) is 0 Å². The van der Waals surface area contributed by atoms with Crippen LogP contribution >= 0.6 is 0 Å². The molecule has 0 saturated heterocycles. The molecular weight excluding hydrogens is 196 g/mol. The fourth-order valence-electron chi connectivity index (χ4n) is 0.493. The van der Waals surface area contributed by atoms with E-state index in [1.165, 1.54) is 0 Å². The summed E-state index contributed by atoms with van der Waals surface area (Å²) in [7, 11) is 0. The molecule has 0 aliphatic rings. The number of rotatable bonds is 4. The molecule has 0 rings (SSSR count). The third-order valence-electron chi connectivity index (χ3n) is 1.00. The predicted molar refractivity (Wildman–Crippen MR) is 33.8 cm³/mol. The summed E-state index contributed by atoms with van der Waals surface area (Å²) in [5, 5.41) is 38.5. The average molecular weight is 199 g/mol. The third-order valence-corrected chi connectivity index (χ3v) is 1.00. The Bertz CT molecular complexity index is 336. The van der Waals surface area contributed by atoms with Crippen molar-refractivity contribution in [1.29, 1.82) is 0 Å². The van der Waals surface area contributed by atoms with Crippen LogP contribution in [0.4, 0.5) is 0 Å². The van der Waals surface area contributed by atoms with Gasteiger partial charge in [-0.25, -0.2) is 4.79 Å². The minimum Gasteiger partial charge on any atom is -0.871 e. The van der Waals surface area contributed by atoms with Crippen LogP contribution in [-0.4, -0.2) is 23.0 Å². The standard InChI is InChI=1S/C7H6O7/c8-4(7(13)14)1-3(6(11)12)2-5(9)10/h1-2,8H,(H,9,10)(H,11,12)(H,13,14)/p-3/b3-2+,4-1+. The molecule has 0 aliphatic carbocycles. The average Bonchev–Trinajstić information content (AvgIpc) is 2.01. The second-order valence-corrected chi connectivity index (χ2v) is 2.02. The maximum absolute atomic E-state index is 10.4. The van der Waals surface area contributed by atoms with Crippen LogP contribution < -0.4 is 15.3 Å². The number of carbonyl (C=O) groups is 3. The van der Waals surface area contributed by atoms with E-state index in [-0.39, 0.29) is 12.2 Å². The lowest BCUT2D eigenvalue weighted by Gasteiger charge is -2.13. The highest BCUT2D eigenvalue weighted by molar-refractivity contribution is 5.97. The van der Waals surface area contributed by atoms with Crippen LogP contribution in [0.15, 0.2) is 23.5 Å². The highest BCUT2D eigenvalue weighted by atomic mass is 16.4. The van der Waals surface area contributed by atoms with Crippen molar-refractivity contribution in [3.8, 4) is 0 Å². The SMILES string of the molecule is O=C(O)/C=C(\C=C(\[O-])C(=O)[O-])C(=O)[O-]. The van der Waals surface area contributed by atoms with Crippen molar-refractivity contribution in [2.24, 2.45) is 0 Å². The molecule has 0 fully saturated rings. The normalized spacial score (nSPS) is 12.3. The molecule has 7 heteroatoms. The molecule has 0 amide bonds. The van der Waals surface area contributed by atoms with Gasteiger partial charge in [0.25, 0.3) is 0 Å². The lowest BCUT2D eigenvalue weighted by atomic mass is 10.2. The molecule has 1 N–H and O–H groups in total. The molecule has 0 unspecified atom stereocenters. The van der Waals surface area contributed by atoms with Gasteiger partial charge in [-0.05, 0) is 0 Å². The summed E-state index contributed by atoms with van der Waals surface area (Å²) in [5.74, 6) is -7.40. The maximum Gasteiger partial charge on any atom is 0.328 e. The Morgan fingerprint density at radius 2 is 1.43 bits per heavy atom. The van der Waals surface area contributed by atoms with Crippen LogP contribution in [-0.2, 0) is 14.4 Å². The van der Waals surface area contributed by atoms with Crippen LogP contribution in [0.2, 0.25) is 0 Å². The molecule has 0 aromatic rings. The Morgan fingerprint density at radius 1 is 0.929 bits per heavy atom. The maximum atomic E-state index is 10.4. The van der Waals surface area contributed by atoms with E-state index in [0.29, 0.717) is 0 Å². The molecule has 0 spiro atoms. The number of aliphatic carboxylic acids is 3. The van der Waals surface area contributed by atoms with Crippen LogP contribution in [0.5, 0.6) is 0 Å². The number of carboxylic acid groups (broad SMARTS) is 3. The largest absolute Gasteiger partial charge is 0.871 e. The Kier molecular flexibility index (Phi) is 3.88. The summed E-state index contributed by atoms with van der Waals surface area (Å²) in [6, 6.07) is 0. The van der Waals surface area contributed by atoms with Crippen LogP contribution in [0.25, 0.3) is 0 Å². The molecule has 0 aromatic heterocycles. The summed E-state index contributed by atoms with van der Waals surface area (Å²) < 4.78 is 0. The zero-order valence-corrected chi connectivity index (χ0v) is 6.55. The highest BCUT2D eigenvalue weighted by Crippen LogP contribution is 1.97. The summed E-state index contributed by atoms with van der Waals surface area (Å²) in [5.41, 5.74) is -1.05. The number of carbonyl (C=O) groups excluding carboxylic acids is 2. The van der Waals surface area contributed by atoms with Gasteiger partial charge in [0.15, 0.2) is 0 Å². The Balaban J connectivity index is 5.07. The molecule has 7 nitrogen and oxygen atoms in total. The monoisotopic (exact) mass is 199 g/mol. The lowest BCUT2D eigenvalue weighted by molar-refractivity contribution is -0.354. The topological polar surface area (TPSA) is 141 Å². The van der Waals surface area contributed by atoms with E-state index < -0.39 is 29.2 Å². The van der Waals surface area contributed by atoms with Crippen molar-refractivity contribution in [1.82, 2.24) is 0 Å². The second-order valence-electron chi connectivity index (χ2n) is 2.02. The van der Waals surface area contributed by atoms with E-state index in [0.717, 1.165) is 0 Å². The minimum atomic E-state index is -2.14. The molecule has 0 bridgehead atoms. The van der Waals surface area contributed by atoms with E-state index >= 15 is 0 Å². The zero-order valence-electron chi connectivity index (χ0n) is 6.55. The van der Waals surface area contributed by atoms with E-state index in [1.54, 1.807) is 0 Å². The van der Waals surface area contributed by atoms with Crippen LogP contribution in [0, 0.1) is 0 Å². The van der Waals surface area contributed by atoms with Gasteiger partial charge < -0.3 is 30.0 Å². The first kappa shape index (κ1) is 11.7. The lowest BCUT2D eigenvalue weighted by Crippen LogP contribution is -2.32. The number of hydrogen-bond acceptors (Lipinski definition) is 6. The van der Waals surface area contributed by atoms with Gasteiger partial charge in [-0.3, -0.25) is 0 Å². The van der Waals surface area contributed by atoms with Gasteiger partial charge in [0.05, 0.1) is 11.9 Å². The molecule has 0 saturated carbocycles. The summed E-state index contributed by atoms with van der Waals surface area (Å²) >= 11 is 0. The Labute approximate surface area is 77.2 Å². The van der Waals surface area contributed by atoms with E-state index in [4.69, 9.17) is 5.11 Å². The van der Waals surface area contributed by atoms with Crippen molar-refractivity contribution in [2.45, 2.75) is 0 Å². The Hall–Kier alpha value is -2.31. The fourth-order valence-corrected chi connectivity index (χ4v) is 0.493. The van der Waals surface area contributed by atoms with Gasteiger partial charge >= 0.3 is 5.97 Å². The third kappa shape index (κ3) is 3.90. The summed E-state index contributed by atoms with van der Waals surface area (Å²) in [6.07, 6.45) is 0.231. The number of carboxylic acids is 3. The molecule has 0 radical (unpaired) electrons. The van der Waals surface area contributed by atoms with E-state index in [2.05, 4.69) is 0 Å². The molecule has 0 atom stereocenters. The van der Waals surface area contributed by atoms with Gasteiger partial charge in [-0.1, -0.05) is 11.8 Å². The molecule has 76 valence electrons. The van der Waals surface area contributed by atoms with Crippen molar-refractivity contribution in [3.63, 3.8) is 0 Å². The quantitative estimate of drug-likeness (QED) is 0.274. The summed E-state index contributed by atoms with van der Waals surface area (Å²) in [6.45, 7) is 0. The molecule has 0 aliphatic heterocycles. The van der Waals surface area contributed by atoms with Gasteiger partial charge in [0, 0.05) is 11.6 Å². The molecule has 14 heavy (non-hydrogen) atoms. The van der Waals surface area contributed by atoms with Gasteiger partial charge in [-0.2, -0.15) is 0 Å². The van der Waals surface area contributed by atoms with Crippen molar-refractivity contribution in [2.75, 3.05) is 0 Å². The highest BCUT2D eigenvalue weighted by Gasteiger charge is 1.98. The predicted octanol–water partition coefficient (Wildman–Crippen LogP) is -4.26. The van der Waals surface area contributed by atoms with Gasteiger partial charge in [0.1, 0.15) is 0 Å². The summed E-state index contributed by atoms with van der Waals surface area (Å²) in [4.78, 5) is 30.0. The molecule has 0 aromatic carbocycles. The first-order valence-electron chi connectivity index (χ1n) is 3.10. The van der Waals surface area contributed by atoms with E-state index in [9.17, 15) is 29.7 Å². The first-order valence-corrected chi connectivity index (χ1v) is 3.10. The van der Waals surface area contributed by atoms with Crippen LogP contribution in [0.1, 0.15) is 0 Å². The van der Waals surface area contributed by atoms with Crippen molar-refractivity contribution < 1.29 is 34.8 Å². The fraction of sp³-hybridized carbons (Fsp3) is 0. The van der Waals surface area contributed by atoms with Gasteiger partial charge in [-0.15, -0.1) is 0 Å². The first-order chi connectivity index (χ1) is 6.34.